The minimum atomic E-state index is -0.340. The Hall–Kier alpha value is -0.340. The van der Waals surface area contributed by atoms with Crippen LogP contribution in [0.25, 0.3) is 0 Å². The summed E-state index contributed by atoms with van der Waals surface area (Å²) in [6.07, 6.45) is 5.99. The van der Waals surface area contributed by atoms with Crippen LogP contribution in [0, 0.1) is 5.92 Å². The number of halogens is 2. The van der Waals surface area contributed by atoms with E-state index in [-0.39, 0.29) is 22.9 Å². The number of hydrogen-bond acceptors (Lipinski definition) is 1. The van der Waals surface area contributed by atoms with Crippen molar-refractivity contribution in [3.63, 3.8) is 0 Å². The van der Waals surface area contributed by atoms with Gasteiger partial charge in [0, 0.05) is 0 Å². The average Bonchev–Trinajstić information content (AvgIpc) is 2.12. The van der Waals surface area contributed by atoms with Crippen LogP contribution in [0.4, 0.5) is 4.39 Å². The Bertz CT molecular complexity index is 248. The van der Waals surface area contributed by atoms with Crippen LogP contribution in [0.2, 0.25) is 0 Å². The summed E-state index contributed by atoms with van der Waals surface area (Å²) in [6.45, 7) is 2.03. The first kappa shape index (κ1) is 11.7. The largest absolute Gasteiger partial charge is 0.393 e. The molecule has 0 amide bonds. The highest BCUT2D eigenvalue weighted by molar-refractivity contribution is 6.31. The highest BCUT2D eigenvalue weighted by Gasteiger charge is 2.17. The van der Waals surface area contributed by atoms with E-state index >= 15 is 0 Å². The molecule has 80 valence electrons. The number of hydrogen-bond donors (Lipinski definition) is 1. The molecule has 0 spiro atoms. The van der Waals surface area contributed by atoms with Crippen molar-refractivity contribution in [2.45, 2.75) is 38.7 Å². The molecule has 2 unspecified atom stereocenters. The highest BCUT2D eigenvalue weighted by atomic mass is 35.5. The van der Waals surface area contributed by atoms with Crippen molar-refractivity contribution in [2.75, 3.05) is 0 Å². The second-order valence-electron chi connectivity index (χ2n) is 3.74. The minimum Gasteiger partial charge on any atom is -0.393 e. The topological polar surface area (TPSA) is 20.2 Å². The second kappa shape index (κ2) is 5.52. The van der Waals surface area contributed by atoms with Gasteiger partial charge in [-0.2, -0.15) is 0 Å². The normalized spacial score (nSPS) is 24.1. The number of allylic oxidation sites excluding steroid dienone is 4. The van der Waals surface area contributed by atoms with Crippen LogP contribution in [0.1, 0.15) is 32.6 Å². The van der Waals surface area contributed by atoms with E-state index in [1.807, 2.05) is 6.92 Å². The van der Waals surface area contributed by atoms with Crippen molar-refractivity contribution in [1.29, 1.82) is 0 Å². The van der Waals surface area contributed by atoms with Crippen LogP contribution in [0.3, 0.4) is 0 Å². The Kier molecular flexibility index (Phi) is 4.63. The van der Waals surface area contributed by atoms with Crippen molar-refractivity contribution in [1.82, 2.24) is 0 Å². The molecule has 2 atom stereocenters. The van der Waals surface area contributed by atoms with Gasteiger partial charge in [-0.15, -0.1) is 0 Å². The van der Waals surface area contributed by atoms with Gasteiger partial charge in [0.2, 0.25) is 0 Å². The molecular weight excluding hydrogens is 203 g/mol. The third kappa shape index (κ3) is 3.43. The molecule has 0 fully saturated rings. The van der Waals surface area contributed by atoms with Crippen molar-refractivity contribution < 1.29 is 9.50 Å². The first-order valence-corrected chi connectivity index (χ1v) is 5.42. The molecule has 3 heteroatoms. The van der Waals surface area contributed by atoms with Gasteiger partial charge in [-0.3, -0.25) is 0 Å². The SMILES string of the molecule is CCCC(O)CC1C=C(Cl)C(F)=CC1. The standard InChI is InChI=1S/C11H16ClFO/c1-2-3-9(14)6-8-4-5-11(13)10(12)7-8/h5,7-9,14H,2-4,6H2,1H3. The molecule has 1 N–H and O–H groups in total. The van der Waals surface area contributed by atoms with Gasteiger partial charge in [0.15, 0.2) is 0 Å². The molecule has 1 aliphatic rings. The first-order chi connectivity index (χ1) is 6.63. The van der Waals surface area contributed by atoms with E-state index < -0.39 is 0 Å². The monoisotopic (exact) mass is 218 g/mol. The van der Waals surface area contributed by atoms with Gasteiger partial charge in [0.25, 0.3) is 0 Å². The maximum Gasteiger partial charge on any atom is 0.137 e. The molecular formula is C11H16ClFO. The van der Waals surface area contributed by atoms with Crippen LogP contribution in [-0.2, 0) is 0 Å². The fourth-order valence-electron chi connectivity index (χ4n) is 1.67. The van der Waals surface area contributed by atoms with E-state index in [0.29, 0.717) is 12.8 Å². The zero-order chi connectivity index (χ0) is 10.6. The Morgan fingerprint density at radius 3 is 3.00 bits per heavy atom. The van der Waals surface area contributed by atoms with Gasteiger partial charge in [0.05, 0.1) is 11.1 Å². The Morgan fingerprint density at radius 1 is 1.71 bits per heavy atom. The molecule has 0 heterocycles. The lowest BCUT2D eigenvalue weighted by molar-refractivity contribution is 0.140. The van der Waals surface area contributed by atoms with Crippen molar-refractivity contribution in [3.8, 4) is 0 Å². The van der Waals surface area contributed by atoms with Crippen molar-refractivity contribution >= 4 is 11.6 Å². The first-order valence-electron chi connectivity index (χ1n) is 5.05. The summed E-state index contributed by atoms with van der Waals surface area (Å²) in [6, 6.07) is 0. The zero-order valence-corrected chi connectivity index (χ0v) is 9.10. The number of aliphatic hydroxyl groups is 1. The molecule has 0 bridgehead atoms. The van der Waals surface area contributed by atoms with E-state index in [2.05, 4.69) is 0 Å². The van der Waals surface area contributed by atoms with E-state index in [4.69, 9.17) is 11.6 Å². The summed E-state index contributed by atoms with van der Waals surface area (Å²) in [5, 5.41) is 9.75. The predicted octanol–water partition coefficient (Wildman–Crippen LogP) is 3.53. The lowest BCUT2D eigenvalue weighted by atomic mass is 9.92. The van der Waals surface area contributed by atoms with E-state index in [1.54, 1.807) is 6.08 Å². The summed E-state index contributed by atoms with van der Waals surface area (Å²) in [5.74, 6) is -0.156. The quantitative estimate of drug-likeness (QED) is 0.766. The third-order valence-corrected chi connectivity index (χ3v) is 2.71. The van der Waals surface area contributed by atoms with Gasteiger partial charge >= 0.3 is 0 Å². The maximum absolute atomic E-state index is 12.8. The van der Waals surface area contributed by atoms with Crippen molar-refractivity contribution in [3.05, 3.63) is 23.0 Å². The Balaban J connectivity index is 2.42. The van der Waals surface area contributed by atoms with Gasteiger partial charge in [-0.1, -0.05) is 31.0 Å². The Morgan fingerprint density at radius 2 is 2.43 bits per heavy atom. The van der Waals surface area contributed by atoms with E-state index in [0.717, 1.165) is 12.8 Å². The predicted molar refractivity (Wildman–Crippen MR) is 56.8 cm³/mol. The van der Waals surface area contributed by atoms with Crippen LogP contribution in [0.15, 0.2) is 23.0 Å². The summed E-state index contributed by atoms with van der Waals surface area (Å²) in [7, 11) is 0. The zero-order valence-electron chi connectivity index (χ0n) is 8.34. The average molecular weight is 219 g/mol. The molecule has 0 aliphatic heterocycles. The molecule has 0 aromatic carbocycles. The Labute approximate surface area is 89.3 Å². The van der Waals surface area contributed by atoms with Gasteiger partial charge in [-0.05, 0) is 31.3 Å². The number of rotatable bonds is 4. The lowest BCUT2D eigenvalue weighted by Gasteiger charge is -2.18. The molecule has 14 heavy (non-hydrogen) atoms. The van der Waals surface area contributed by atoms with Crippen LogP contribution in [0.5, 0.6) is 0 Å². The van der Waals surface area contributed by atoms with Gasteiger partial charge in [0.1, 0.15) is 5.83 Å². The molecule has 0 saturated carbocycles. The molecule has 1 nitrogen and oxygen atoms in total. The lowest BCUT2D eigenvalue weighted by Crippen LogP contribution is -2.13. The van der Waals surface area contributed by atoms with Gasteiger partial charge < -0.3 is 5.11 Å². The number of aliphatic hydroxyl groups excluding tert-OH is 1. The fraction of sp³-hybridized carbons (Fsp3) is 0.636. The molecule has 0 radical (unpaired) electrons. The molecule has 0 aromatic rings. The second-order valence-corrected chi connectivity index (χ2v) is 4.15. The fourth-order valence-corrected chi connectivity index (χ4v) is 1.93. The smallest absolute Gasteiger partial charge is 0.137 e. The summed E-state index contributed by atoms with van der Waals surface area (Å²) in [4.78, 5) is 0. The van der Waals surface area contributed by atoms with Crippen molar-refractivity contribution in [2.24, 2.45) is 5.92 Å². The van der Waals surface area contributed by atoms with Crippen LogP contribution >= 0.6 is 11.6 Å². The molecule has 1 rings (SSSR count). The molecule has 0 saturated heterocycles. The summed E-state index contributed by atoms with van der Waals surface area (Å²) >= 11 is 5.66. The minimum absolute atomic E-state index is 0.184. The van der Waals surface area contributed by atoms with Crippen LogP contribution in [-0.4, -0.2) is 11.2 Å². The molecule has 0 aromatic heterocycles. The highest BCUT2D eigenvalue weighted by Crippen LogP contribution is 2.29. The van der Waals surface area contributed by atoms with Gasteiger partial charge in [-0.25, -0.2) is 4.39 Å². The van der Waals surface area contributed by atoms with E-state index in [1.165, 1.54) is 6.08 Å². The third-order valence-electron chi connectivity index (χ3n) is 2.41. The van der Waals surface area contributed by atoms with Crippen LogP contribution < -0.4 is 0 Å². The summed E-state index contributed by atoms with van der Waals surface area (Å²) in [5.41, 5.74) is 0. The van der Waals surface area contributed by atoms with E-state index in [9.17, 15) is 9.50 Å². The molecule has 1 aliphatic carbocycles. The summed E-state index contributed by atoms with van der Waals surface area (Å²) < 4.78 is 12.8. The maximum atomic E-state index is 12.8.